The molecule has 0 aliphatic carbocycles. The second-order valence-electron chi connectivity index (χ2n) is 6.68. The molecular weight excluding hydrogens is 220 g/mol. The molecule has 1 fully saturated rings. The smallest absolute Gasteiger partial charge is 0.00914 e. The van der Waals surface area contributed by atoms with E-state index in [0.717, 1.165) is 23.8 Å². The van der Waals surface area contributed by atoms with Crippen molar-refractivity contribution < 1.29 is 0 Å². The first-order chi connectivity index (χ1) is 8.54. The maximum atomic E-state index is 3.66. The van der Waals surface area contributed by atoms with Crippen LogP contribution in [0, 0.1) is 17.8 Å². The second-order valence-corrected chi connectivity index (χ2v) is 6.68. The van der Waals surface area contributed by atoms with Crippen LogP contribution in [0.3, 0.4) is 0 Å². The molecule has 1 rings (SSSR count). The highest BCUT2D eigenvalue weighted by molar-refractivity contribution is 4.80. The van der Waals surface area contributed by atoms with Crippen molar-refractivity contribution in [2.24, 2.45) is 17.8 Å². The lowest BCUT2D eigenvalue weighted by molar-refractivity contribution is 0.132. The van der Waals surface area contributed by atoms with Crippen LogP contribution < -0.4 is 5.32 Å². The quantitative estimate of drug-likeness (QED) is 0.749. The molecule has 0 bridgehead atoms. The minimum atomic E-state index is 0.776. The molecule has 1 N–H and O–H groups in total. The maximum absolute atomic E-state index is 3.66. The van der Waals surface area contributed by atoms with Crippen LogP contribution in [0.5, 0.6) is 0 Å². The van der Waals surface area contributed by atoms with Crippen molar-refractivity contribution in [3.8, 4) is 0 Å². The first-order valence-corrected chi connectivity index (χ1v) is 8.00. The van der Waals surface area contributed by atoms with E-state index < -0.39 is 0 Å². The Bertz CT molecular complexity index is 197. The summed E-state index contributed by atoms with van der Waals surface area (Å²) in [4.78, 5) is 2.69. The highest BCUT2D eigenvalue weighted by Gasteiger charge is 2.24. The Labute approximate surface area is 115 Å². The molecule has 0 radical (unpaired) electrons. The Morgan fingerprint density at radius 2 is 1.61 bits per heavy atom. The van der Waals surface area contributed by atoms with E-state index in [4.69, 9.17) is 0 Å². The molecule has 1 saturated heterocycles. The molecule has 0 amide bonds. The average molecular weight is 254 g/mol. The van der Waals surface area contributed by atoms with Gasteiger partial charge in [-0.1, -0.05) is 34.6 Å². The zero-order chi connectivity index (χ0) is 13.5. The SMILES string of the molecule is CCCNC1CCN(CC(C(C)C)C(C)C)CC1. The van der Waals surface area contributed by atoms with Crippen molar-refractivity contribution in [3.05, 3.63) is 0 Å². The Morgan fingerprint density at radius 3 is 2.06 bits per heavy atom. The molecule has 0 saturated carbocycles. The van der Waals surface area contributed by atoms with Gasteiger partial charge in [-0.05, 0) is 56.7 Å². The van der Waals surface area contributed by atoms with Gasteiger partial charge in [-0.25, -0.2) is 0 Å². The predicted octanol–water partition coefficient (Wildman–Crippen LogP) is 3.38. The van der Waals surface area contributed by atoms with Gasteiger partial charge in [0.15, 0.2) is 0 Å². The fourth-order valence-corrected chi connectivity index (χ4v) is 3.16. The van der Waals surface area contributed by atoms with E-state index in [2.05, 4.69) is 44.8 Å². The topological polar surface area (TPSA) is 15.3 Å². The first kappa shape index (κ1) is 16.0. The Hall–Kier alpha value is -0.0800. The van der Waals surface area contributed by atoms with Crippen LogP contribution in [-0.4, -0.2) is 37.1 Å². The summed E-state index contributed by atoms with van der Waals surface area (Å²) in [6.07, 6.45) is 3.93. The van der Waals surface area contributed by atoms with Gasteiger partial charge in [0.05, 0.1) is 0 Å². The number of hydrogen-bond donors (Lipinski definition) is 1. The molecule has 18 heavy (non-hydrogen) atoms. The van der Waals surface area contributed by atoms with Crippen LogP contribution >= 0.6 is 0 Å². The number of hydrogen-bond acceptors (Lipinski definition) is 2. The third kappa shape index (κ3) is 5.27. The van der Waals surface area contributed by atoms with E-state index in [9.17, 15) is 0 Å². The number of likely N-dealkylation sites (tertiary alicyclic amines) is 1. The molecule has 2 nitrogen and oxygen atoms in total. The molecule has 0 spiro atoms. The highest BCUT2D eigenvalue weighted by atomic mass is 15.1. The molecule has 0 atom stereocenters. The number of nitrogens with zero attached hydrogens (tertiary/aromatic N) is 1. The number of piperidine rings is 1. The van der Waals surface area contributed by atoms with Gasteiger partial charge in [-0.15, -0.1) is 0 Å². The van der Waals surface area contributed by atoms with Crippen LogP contribution in [0.2, 0.25) is 0 Å². The van der Waals surface area contributed by atoms with E-state index in [1.807, 2.05) is 0 Å². The van der Waals surface area contributed by atoms with Crippen molar-refractivity contribution >= 4 is 0 Å². The van der Waals surface area contributed by atoms with E-state index in [-0.39, 0.29) is 0 Å². The minimum absolute atomic E-state index is 0.776. The van der Waals surface area contributed by atoms with E-state index in [1.165, 1.54) is 45.4 Å². The van der Waals surface area contributed by atoms with Gasteiger partial charge in [-0.3, -0.25) is 0 Å². The second kappa shape index (κ2) is 8.16. The molecule has 1 heterocycles. The van der Waals surface area contributed by atoms with E-state index >= 15 is 0 Å². The molecule has 0 aromatic heterocycles. The van der Waals surface area contributed by atoms with Gasteiger partial charge in [0.2, 0.25) is 0 Å². The van der Waals surface area contributed by atoms with Crippen molar-refractivity contribution in [2.75, 3.05) is 26.2 Å². The molecular formula is C16H34N2. The normalized spacial score (nSPS) is 19.3. The van der Waals surface area contributed by atoms with Gasteiger partial charge in [-0.2, -0.15) is 0 Å². The first-order valence-electron chi connectivity index (χ1n) is 8.00. The van der Waals surface area contributed by atoms with Crippen LogP contribution in [0.1, 0.15) is 53.9 Å². The fourth-order valence-electron chi connectivity index (χ4n) is 3.16. The lowest BCUT2D eigenvalue weighted by Crippen LogP contribution is -2.45. The lowest BCUT2D eigenvalue weighted by Gasteiger charge is -2.37. The van der Waals surface area contributed by atoms with Gasteiger partial charge < -0.3 is 10.2 Å². The average Bonchev–Trinajstić information content (AvgIpc) is 2.34. The summed E-state index contributed by atoms with van der Waals surface area (Å²) in [5, 5.41) is 3.66. The van der Waals surface area contributed by atoms with Crippen LogP contribution in [0.25, 0.3) is 0 Å². The third-order valence-electron chi connectivity index (χ3n) is 4.45. The summed E-state index contributed by atoms with van der Waals surface area (Å²) in [6.45, 7) is 16.8. The standard InChI is InChI=1S/C16H34N2/c1-6-9-17-15-7-10-18(11-8-15)12-16(13(2)3)14(4)5/h13-17H,6-12H2,1-5H3. The third-order valence-corrected chi connectivity index (χ3v) is 4.45. The lowest BCUT2D eigenvalue weighted by atomic mass is 9.84. The Morgan fingerprint density at radius 1 is 1.06 bits per heavy atom. The molecule has 1 aliphatic rings. The summed E-state index contributed by atoms with van der Waals surface area (Å²) in [5.74, 6) is 2.46. The van der Waals surface area contributed by atoms with Crippen molar-refractivity contribution in [1.82, 2.24) is 10.2 Å². The zero-order valence-corrected chi connectivity index (χ0v) is 13.2. The van der Waals surface area contributed by atoms with Gasteiger partial charge in [0, 0.05) is 12.6 Å². The summed E-state index contributed by atoms with van der Waals surface area (Å²) in [7, 11) is 0. The monoisotopic (exact) mass is 254 g/mol. The minimum Gasteiger partial charge on any atom is -0.314 e. The van der Waals surface area contributed by atoms with E-state index in [1.54, 1.807) is 0 Å². The Balaban J connectivity index is 2.29. The molecule has 108 valence electrons. The molecule has 2 heteroatoms. The largest absolute Gasteiger partial charge is 0.314 e. The van der Waals surface area contributed by atoms with Gasteiger partial charge in [0.1, 0.15) is 0 Å². The van der Waals surface area contributed by atoms with Crippen LogP contribution in [0.15, 0.2) is 0 Å². The molecule has 0 aromatic carbocycles. The number of rotatable bonds is 7. The van der Waals surface area contributed by atoms with Gasteiger partial charge >= 0.3 is 0 Å². The van der Waals surface area contributed by atoms with Crippen LogP contribution in [-0.2, 0) is 0 Å². The number of nitrogens with one attached hydrogen (secondary N) is 1. The predicted molar refractivity (Wildman–Crippen MR) is 80.9 cm³/mol. The van der Waals surface area contributed by atoms with Crippen molar-refractivity contribution in [2.45, 2.75) is 59.9 Å². The summed E-state index contributed by atoms with van der Waals surface area (Å²) >= 11 is 0. The zero-order valence-electron chi connectivity index (χ0n) is 13.2. The summed E-state index contributed by atoms with van der Waals surface area (Å²) in [5.41, 5.74) is 0. The Kier molecular flexibility index (Phi) is 7.25. The molecule has 0 unspecified atom stereocenters. The van der Waals surface area contributed by atoms with Crippen LogP contribution in [0.4, 0.5) is 0 Å². The van der Waals surface area contributed by atoms with Crippen molar-refractivity contribution in [3.63, 3.8) is 0 Å². The highest BCUT2D eigenvalue weighted by Crippen LogP contribution is 2.23. The van der Waals surface area contributed by atoms with Crippen molar-refractivity contribution in [1.29, 1.82) is 0 Å². The molecule has 0 aromatic rings. The van der Waals surface area contributed by atoms with Gasteiger partial charge in [0.25, 0.3) is 0 Å². The summed E-state index contributed by atoms with van der Waals surface area (Å²) in [6, 6.07) is 0.776. The van der Waals surface area contributed by atoms with E-state index in [0.29, 0.717) is 0 Å². The fraction of sp³-hybridized carbons (Fsp3) is 1.00. The summed E-state index contributed by atoms with van der Waals surface area (Å²) < 4.78 is 0. The maximum Gasteiger partial charge on any atom is 0.00914 e. The molecule has 1 aliphatic heterocycles.